The number of hydrogen-bond acceptors (Lipinski definition) is 2. The number of hydrogen-bond donors (Lipinski definition) is 1. The predicted octanol–water partition coefficient (Wildman–Crippen LogP) is 3.14. The van der Waals surface area contributed by atoms with Crippen molar-refractivity contribution in [2.45, 2.75) is 19.9 Å². The lowest BCUT2D eigenvalue weighted by atomic mass is 10.1. The quantitative estimate of drug-likeness (QED) is 0.814. The molecule has 0 fully saturated rings. The maximum atomic E-state index is 6.11. The Labute approximate surface area is 108 Å². The van der Waals surface area contributed by atoms with E-state index in [0.29, 0.717) is 0 Å². The van der Waals surface area contributed by atoms with E-state index < -0.39 is 0 Å². The van der Waals surface area contributed by atoms with Crippen LogP contribution in [0.1, 0.15) is 16.7 Å². The third-order valence-corrected chi connectivity index (χ3v) is 3.74. The zero-order chi connectivity index (χ0) is 12.5. The second-order valence-corrected chi connectivity index (χ2v) is 4.95. The van der Waals surface area contributed by atoms with Gasteiger partial charge in [-0.15, -0.1) is 0 Å². The van der Waals surface area contributed by atoms with Crippen LogP contribution in [0.4, 0.5) is 11.4 Å². The molecule has 0 spiro atoms. The van der Waals surface area contributed by atoms with Crippen LogP contribution in [-0.2, 0) is 13.0 Å². The average Bonchev–Trinajstić information content (AvgIpc) is 2.77. The molecule has 1 aliphatic heterocycles. The molecule has 2 nitrogen and oxygen atoms in total. The number of nitrogen functional groups attached to an aromatic ring is 1. The fraction of sp³-hybridized carbons (Fsp3) is 0.250. The van der Waals surface area contributed by atoms with Gasteiger partial charge in [0.25, 0.3) is 0 Å². The van der Waals surface area contributed by atoms with Crippen molar-refractivity contribution < 1.29 is 0 Å². The van der Waals surface area contributed by atoms with E-state index in [1.165, 1.54) is 22.4 Å². The number of nitrogens with two attached hydrogens (primary N) is 1. The monoisotopic (exact) mass is 238 g/mol. The lowest BCUT2D eigenvalue weighted by Gasteiger charge is -2.22. The molecule has 2 aromatic rings. The number of benzene rings is 2. The van der Waals surface area contributed by atoms with Gasteiger partial charge in [0, 0.05) is 13.1 Å². The lowest BCUT2D eigenvalue weighted by molar-refractivity contribution is 0.832. The summed E-state index contributed by atoms with van der Waals surface area (Å²) in [6.45, 7) is 4.19. The predicted molar refractivity (Wildman–Crippen MR) is 76.8 cm³/mol. The first-order valence-electron chi connectivity index (χ1n) is 6.42. The van der Waals surface area contributed by atoms with Gasteiger partial charge in [-0.3, -0.25) is 0 Å². The number of anilines is 2. The SMILES string of the molecule is Cc1ccccc1CN1CCc2cccc(N)c21. The Kier molecular flexibility index (Phi) is 2.71. The Morgan fingerprint density at radius 2 is 1.94 bits per heavy atom. The molecule has 0 aliphatic carbocycles. The largest absolute Gasteiger partial charge is 0.397 e. The molecule has 2 heteroatoms. The molecule has 0 amide bonds. The van der Waals surface area contributed by atoms with Gasteiger partial charge in [0.1, 0.15) is 0 Å². The Morgan fingerprint density at radius 3 is 2.78 bits per heavy atom. The van der Waals surface area contributed by atoms with Crippen molar-refractivity contribution in [2.75, 3.05) is 17.2 Å². The van der Waals surface area contributed by atoms with Crippen molar-refractivity contribution in [2.24, 2.45) is 0 Å². The van der Waals surface area contributed by atoms with Crippen molar-refractivity contribution in [3.05, 3.63) is 59.2 Å². The summed E-state index contributed by atoms with van der Waals surface area (Å²) >= 11 is 0. The van der Waals surface area contributed by atoms with E-state index in [9.17, 15) is 0 Å². The van der Waals surface area contributed by atoms with Crippen LogP contribution in [0.5, 0.6) is 0 Å². The number of fused-ring (bicyclic) bond motifs is 1. The first kappa shape index (κ1) is 11.1. The molecular weight excluding hydrogens is 220 g/mol. The van der Waals surface area contributed by atoms with Crippen molar-refractivity contribution >= 4 is 11.4 Å². The first-order chi connectivity index (χ1) is 8.75. The molecule has 0 unspecified atom stereocenters. The van der Waals surface area contributed by atoms with Crippen LogP contribution < -0.4 is 10.6 Å². The summed E-state index contributed by atoms with van der Waals surface area (Å²) in [5.41, 5.74) is 12.4. The number of aryl methyl sites for hydroxylation is 1. The molecule has 0 saturated heterocycles. The van der Waals surface area contributed by atoms with Crippen LogP contribution >= 0.6 is 0 Å². The number of rotatable bonds is 2. The molecule has 0 radical (unpaired) electrons. The molecule has 18 heavy (non-hydrogen) atoms. The highest BCUT2D eigenvalue weighted by Gasteiger charge is 2.21. The minimum Gasteiger partial charge on any atom is -0.397 e. The molecular formula is C16H18N2. The number of para-hydroxylation sites is 1. The fourth-order valence-electron chi connectivity index (χ4n) is 2.72. The fourth-order valence-corrected chi connectivity index (χ4v) is 2.72. The Morgan fingerprint density at radius 1 is 1.11 bits per heavy atom. The van der Waals surface area contributed by atoms with Gasteiger partial charge in [-0.25, -0.2) is 0 Å². The highest BCUT2D eigenvalue weighted by atomic mass is 15.2. The molecule has 1 heterocycles. The zero-order valence-corrected chi connectivity index (χ0v) is 10.7. The maximum absolute atomic E-state index is 6.11. The van der Waals surface area contributed by atoms with Gasteiger partial charge in [-0.05, 0) is 36.1 Å². The van der Waals surface area contributed by atoms with Gasteiger partial charge in [-0.1, -0.05) is 36.4 Å². The smallest absolute Gasteiger partial charge is 0.0636 e. The van der Waals surface area contributed by atoms with E-state index in [-0.39, 0.29) is 0 Å². The Bertz CT molecular complexity index is 575. The topological polar surface area (TPSA) is 29.3 Å². The van der Waals surface area contributed by atoms with Gasteiger partial charge >= 0.3 is 0 Å². The molecule has 2 aromatic carbocycles. The highest BCUT2D eigenvalue weighted by Crippen LogP contribution is 2.34. The molecule has 1 aliphatic rings. The third-order valence-electron chi connectivity index (χ3n) is 3.74. The van der Waals surface area contributed by atoms with E-state index in [1.807, 2.05) is 12.1 Å². The van der Waals surface area contributed by atoms with E-state index in [1.54, 1.807) is 0 Å². The minimum absolute atomic E-state index is 0.901. The second kappa shape index (κ2) is 4.37. The molecule has 0 aromatic heterocycles. The van der Waals surface area contributed by atoms with E-state index >= 15 is 0 Å². The van der Waals surface area contributed by atoms with Crippen LogP contribution in [0.25, 0.3) is 0 Å². The molecule has 0 bridgehead atoms. The van der Waals surface area contributed by atoms with Crippen molar-refractivity contribution in [3.63, 3.8) is 0 Å². The summed E-state index contributed by atoms with van der Waals surface area (Å²) in [4.78, 5) is 2.40. The van der Waals surface area contributed by atoms with Crippen LogP contribution in [0.3, 0.4) is 0 Å². The van der Waals surface area contributed by atoms with E-state index in [2.05, 4.69) is 42.2 Å². The lowest BCUT2D eigenvalue weighted by Crippen LogP contribution is -2.21. The maximum Gasteiger partial charge on any atom is 0.0636 e. The summed E-state index contributed by atoms with van der Waals surface area (Å²) in [7, 11) is 0. The van der Waals surface area contributed by atoms with E-state index in [0.717, 1.165) is 25.2 Å². The van der Waals surface area contributed by atoms with Gasteiger partial charge in [0.2, 0.25) is 0 Å². The highest BCUT2D eigenvalue weighted by molar-refractivity contribution is 5.74. The summed E-state index contributed by atoms with van der Waals surface area (Å²) < 4.78 is 0. The van der Waals surface area contributed by atoms with E-state index in [4.69, 9.17) is 5.73 Å². The summed E-state index contributed by atoms with van der Waals surface area (Å²) in [6, 6.07) is 14.8. The van der Waals surface area contributed by atoms with Crippen molar-refractivity contribution in [3.8, 4) is 0 Å². The van der Waals surface area contributed by atoms with Gasteiger partial charge < -0.3 is 10.6 Å². The molecule has 0 saturated carbocycles. The Balaban J connectivity index is 1.92. The summed E-state index contributed by atoms with van der Waals surface area (Å²) in [6.07, 6.45) is 1.10. The van der Waals surface area contributed by atoms with Crippen LogP contribution in [0.15, 0.2) is 42.5 Å². The van der Waals surface area contributed by atoms with Crippen molar-refractivity contribution in [1.29, 1.82) is 0 Å². The van der Waals surface area contributed by atoms with Crippen molar-refractivity contribution in [1.82, 2.24) is 0 Å². The zero-order valence-electron chi connectivity index (χ0n) is 10.7. The van der Waals surface area contributed by atoms with Crippen LogP contribution in [-0.4, -0.2) is 6.54 Å². The van der Waals surface area contributed by atoms with Gasteiger partial charge in [-0.2, -0.15) is 0 Å². The van der Waals surface area contributed by atoms with Gasteiger partial charge in [0.15, 0.2) is 0 Å². The standard InChI is InChI=1S/C16H18N2/c1-12-5-2-3-6-14(12)11-18-10-9-13-7-4-8-15(17)16(13)18/h2-8H,9-11,17H2,1H3. The Hall–Kier alpha value is -1.96. The van der Waals surface area contributed by atoms with Crippen LogP contribution in [0.2, 0.25) is 0 Å². The molecule has 0 atom stereocenters. The molecule has 92 valence electrons. The number of nitrogens with zero attached hydrogens (tertiary/aromatic N) is 1. The molecule has 2 N–H and O–H groups in total. The first-order valence-corrected chi connectivity index (χ1v) is 6.42. The van der Waals surface area contributed by atoms with Gasteiger partial charge in [0.05, 0.1) is 11.4 Å². The van der Waals surface area contributed by atoms with Crippen LogP contribution in [0, 0.1) is 6.92 Å². The summed E-state index contributed by atoms with van der Waals surface area (Å²) in [5.74, 6) is 0. The normalized spacial score (nSPS) is 13.7. The summed E-state index contributed by atoms with van der Waals surface area (Å²) in [5, 5.41) is 0. The second-order valence-electron chi connectivity index (χ2n) is 4.95. The average molecular weight is 238 g/mol. The third kappa shape index (κ3) is 1.84. The molecule has 3 rings (SSSR count). The minimum atomic E-state index is 0.901.